The van der Waals surface area contributed by atoms with E-state index in [2.05, 4.69) is 6.58 Å². The summed E-state index contributed by atoms with van der Waals surface area (Å²) in [7, 11) is 0. The zero-order valence-corrected chi connectivity index (χ0v) is 14.9. The van der Waals surface area contributed by atoms with Crippen molar-refractivity contribution in [2.75, 3.05) is 13.1 Å². The van der Waals surface area contributed by atoms with Crippen molar-refractivity contribution in [1.82, 2.24) is 9.80 Å². The zero-order chi connectivity index (χ0) is 20.0. The van der Waals surface area contributed by atoms with Crippen molar-refractivity contribution < 1.29 is 24.3 Å². The summed E-state index contributed by atoms with van der Waals surface area (Å²) in [6.07, 6.45) is 1.20. The maximum absolute atomic E-state index is 13.1. The number of hydrogen-bond acceptors (Lipinski definition) is 4. The summed E-state index contributed by atoms with van der Waals surface area (Å²) in [5.74, 6) is -2.67. The van der Waals surface area contributed by atoms with E-state index < -0.39 is 29.9 Å². The smallest absolute Gasteiger partial charge is 0.326 e. The molecule has 0 aromatic heterocycles. The van der Waals surface area contributed by atoms with Gasteiger partial charge in [0.1, 0.15) is 12.1 Å². The lowest BCUT2D eigenvalue weighted by atomic mass is 9.98. The number of carbonyl (C=O) groups is 4. The number of carboxylic acid groups (broad SMARTS) is 1. The van der Waals surface area contributed by atoms with Crippen molar-refractivity contribution in [2.45, 2.75) is 31.3 Å². The quantitative estimate of drug-likeness (QED) is 0.630. The molecule has 144 valence electrons. The number of amides is 3. The number of benzene rings is 1. The van der Waals surface area contributed by atoms with Crippen molar-refractivity contribution in [3.05, 3.63) is 48.6 Å². The fourth-order valence-electron chi connectivity index (χ4n) is 3.22. The van der Waals surface area contributed by atoms with Crippen LogP contribution >= 0.6 is 0 Å². The van der Waals surface area contributed by atoms with Gasteiger partial charge in [0.2, 0.25) is 17.7 Å². The van der Waals surface area contributed by atoms with E-state index in [0.717, 1.165) is 11.6 Å². The van der Waals surface area contributed by atoms with Crippen molar-refractivity contribution in [2.24, 2.45) is 5.73 Å². The first kappa shape index (κ1) is 20.2. The fourth-order valence-corrected chi connectivity index (χ4v) is 3.22. The van der Waals surface area contributed by atoms with Crippen LogP contribution in [0.25, 0.3) is 0 Å². The molecule has 2 unspecified atom stereocenters. The minimum atomic E-state index is -1.20. The van der Waals surface area contributed by atoms with E-state index in [9.17, 15) is 24.3 Å². The summed E-state index contributed by atoms with van der Waals surface area (Å²) in [5.41, 5.74) is 5.97. The van der Waals surface area contributed by atoms with E-state index >= 15 is 0 Å². The van der Waals surface area contributed by atoms with Gasteiger partial charge in [0, 0.05) is 25.9 Å². The number of hydrogen-bond donors (Lipinski definition) is 2. The molecular weight excluding hydrogens is 350 g/mol. The second kappa shape index (κ2) is 8.98. The minimum Gasteiger partial charge on any atom is -0.480 e. The molecular formula is C19H23N3O5. The highest BCUT2D eigenvalue weighted by Gasteiger charge is 2.41. The molecule has 8 nitrogen and oxygen atoms in total. The van der Waals surface area contributed by atoms with E-state index in [0.29, 0.717) is 0 Å². The van der Waals surface area contributed by atoms with Gasteiger partial charge in [-0.15, -0.1) is 0 Å². The van der Waals surface area contributed by atoms with Crippen LogP contribution in [0.1, 0.15) is 18.4 Å². The SMILES string of the molecule is C=CC(=O)N1CCN(C(CCC(N)=O)C(=O)O)C(=O)C1Cc1ccccc1. The lowest BCUT2D eigenvalue weighted by molar-refractivity contribution is -0.159. The van der Waals surface area contributed by atoms with Gasteiger partial charge in [-0.3, -0.25) is 14.4 Å². The largest absolute Gasteiger partial charge is 0.480 e. The topological polar surface area (TPSA) is 121 Å². The van der Waals surface area contributed by atoms with Crippen LogP contribution in [-0.2, 0) is 25.6 Å². The Balaban J connectivity index is 2.28. The Morgan fingerprint density at radius 1 is 1.26 bits per heavy atom. The van der Waals surface area contributed by atoms with Crippen LogP contribution in [0.4, 0.5) is 0 Å². The molecule has 1 saturated heterocycles. The molecule has 2 rings (SSSR count). The Morgan fingerprint density at radius 2 is 1.93 bits per heavy atom. The summed E-state index contributed by atoms with van der Waals surface area (Å²) in [4.78, 5) is 50.6. The number of carbonyl (C=O) groups excluding carboxylic acids is 3. The van der Waals surface area contributed by atoms with Gasteiger partial charge in [0.15, 0.2) is 0 Å². The van der Waals surface area contributed by atoms with Crippen LogP contribution in [0, 0.1) is 0 Å². The summed E-state index contributed by atoms with van der Waals surface area (Å²) in [6, 6.07) is 7.18. The van der Waals surface area contributed by atoms with Crippen LogP contribution in [-0.4, -0.2) is 63.8 Å². The Morgan fingerprint density at radius 3 is 2.48 bits per heavy atom. The van der Waals surface area contributed by atoms with Gasteiger partial charge in [-0.25, -0.2) is 4.79 Å². The van der Waals surface area contributed by atoms with E-state index in [-0.39, 0.29) is 38.3 Å². The highest BCUT2D eigenvalue weighted by atomic mass is 16.4. The first-order valence-corrected chi connectivity index (χ1v) is 8.63. The zero-order valence-electron chi connectivity index (χ0n) is 14.9. The molecule has 3 N–H and O–H groups in total. The number of piperazine rings is 1. The molecule has 3 amide bonds. The average molecular weight is 373 g/mol. The maximum Gasteiger partial charge on any atom is 0.326 e. The average Bonchev–Trinajstić information content (AvgIpc) is 2.64. The molecule has 8 heteroatoms. The second-order valence-corrected chi connectivity index (χ2v) is 6.33. The molecule has 0 radical (unpaired) electrons. The van der Waals surface area contributed by atoms with Gasteiger partial charge in [0.05, 0.1) is 0 Å². The van der Waals surface area contributed by atoms with E-state index in [1.165, 1.54) is 9.80 Å². The molecule has 2 atom stereocenters. The molecule has 1 fully saturated rings. The molecule has 0 aliphatic carbocycles. The highest BCUT2D eigenvalue weighted by molar-refractivity contribution is 5.95. The maximum atomic E-state index is 13.1. The molecule has 0 bridgehead atoms. The summed E-state index contributed by atoms with van der Waals surface area (Å²) < 4.78 is 0. The fraction of sp³-hybridized carbons (Fsp3) is 0.368. The van der Waals surface area contributed by atoms with E-state index in [1.807, 2.05) is 30.3 Å². The Labute approximate surface area is 157 Å². The minimum absolute atomic E-state index is 0.0656. The van der Waals surface area contributed by atoms with Gasteiger partial charge >= 0.3 is 5.97 Å². The Hall–Kier alpha value is -3.16. The van der Waals surface area contributed by atoms with Crippen molar-refractivity contribution in [3.63, 3.8) is 0 Å². The monoisotopic (exact) mass is 373 g/mol. The molecule has 1 aromatic carbocycles. The standard InChI is InChI=1S/C19H23N3O5/c1-2-17(24)21-10-11-22(14(19(26)27)8-9-16(20)23)18(25)15(21)12-13-6-4-3-5-7-13/h2-7,14-15H,1,8-12H2,(H2,20,23)(H,26,27). The Bertz CT molecular complexity index is 734. The lowest BCUT2D eigenvalue weighted by Gasteiger charge is -2.42. The predicted octanol–water partition coefficient (Wildman–Crippen LogP) is 0.173. The lowest BCUT2D eigenvalue weighted by Crippen LogP contribution is -2.62. The third-order valence-corrected chi connectivity index (χ3v) is 4.58. The second-order valence-electron chi connectivity index (χ2n) is 6.33. The van der Waals surface area contributed by atoms with Gasteiger partial charge in [-0.2, -0.15) is 0 Å². The molecule has 1 aliphatic rings. The predicted molar refractivity (Wildman–Crippen MR) is 97.4 cm³/mol. The van der Waals surface area contributed by atoms with E-state index in [4.69, 9.17) is 5.73 Å². The van der Waals surface area contributed by atoms with Crippen LogP contribution < -0.4 is 5.73 Å². The van der Waals surface area contributed by atoms with Gasteiger partial charge in [-0.05, 0) is 18.1 Å². The van der Waals surface area contributed by atoms with Gasteiger partial charge in [-0.1, -0.05) is 36.9 Å². The normalized spacial score (nSPS) is 18.1. The molecule has 0 saturated carbocycles. The highest BCUT2D eigenvalue weighted by Crippen LogP contribution is 2.21. The van der Waals surface area contributed by atoms with Crippen molar-refractivity contribution in [3.8, 4) is 0 Å². The van der Waals surface area contributed by atoms with Crippen molar-refractivity contribution in [1.29, 1.82) is 0 Å². The van der Waals surface area contributed by atoms with E-state index in [1.54, 1.807) is 0 Å². The van der Waals surface area contributed by atoms with Gasteiger partial charge in [0.25, 0.3) is 0 Å². The molecule has 27 heavy (non-hydrogen) atoms. The van der Waals surface area contributed by atoms with Gasteiger partial charge < -0.3 is 20.6 Å². The molecule has 1 aromatic rings. The number of aliphatic carboxylic acids is 1. The first-order chi connectivity index (χ1) is 12.8. The van der Waals surface area contributed by atoms with Crippen LogP contribution in [0.5, 0.6) is 0 Å². The first-order valence-electron chi connectivity index (χ1n) is 8.63. The summed E-state index contributed by atoms with van der Waals surface area (Å²) in [6.45, 7) is 3.73. The van der Waals surface area contributed by atoms with Crippen LogP contribution in [0.3, 0.4) is 0 Å². The van der Waals surface area contributed by atoms with Crippen LogP contribution in [0.15, 0.2) is 43.0 Å². The third kappa shape index (κ3) is 4.93. The number of nitrogens with zero attached hydrogens (tertiary/aromatic N) is 2. The Kier molecular flexibility index (Phi) is 6.70. The number of carboxylic acids is 1. The summed E-state index contributed by atoms with van der Waals surface area (Å²) in [5, 5.41) is 9.51. The third-order valence-electron chi connectivity index (χ3n) is 4.58. The summed E-state index contributed by atoms with van der Waals surface area (Å²) >= 11 is 0. The van der Waals surface area contributed by atoms with Crippen LogP contribution in [0.2, 0.25) is 0 Å². The number of nitrogens with two attached hydrogens (primary N) is 1. The molecule has 1 heterocycles. The molecule has 1 aliphatic heterocycles. The van der Waals surface area contributed by atoms with Crippen molar-refractivity contribution >= 4 is 23.7 Å². The number of primary amides is 1. The molecule has 0 spiro atoms. The number of rotatable bonds is 8.